The fourth-order valence-corrected chi connectivity index (χ4v) is 5.63. The summed E-state index contributed by atoms with van der Waals surface area (Å²) in [5.41, 5.74) is 11.1. The molecule has 0 amide bonds. The average molecular weight is 611 g/mol. The van der Waals surface area contributed by atoms with Crippen molar-refractivity contribution in [1.29, 1.82) is 0 Å². The smallest absolute Gasteiger partial charge is 0.119 e. The molecule has 3 aromatic heterocycles. The molecule has 0 saturated heterocycles. The average Bonchev–Trinajstić information content (AvgIpc) is 3.90. The first kappa shape index (κ1) is 29.3. The number of ether oxygens (including phenoxy) is 2. The monoisotopic (exact) mass is 610 g/mol. The van der Waals surface area contributed by atoms with Crippen LogP contribution in [0.2, 0.25) is 0 Å². The third kappa shape index (κ3) is 6.35. The van der Waals surface area contributed by atoms with E-state index in [9.17, 15) is 0 Å². The van der Waals surface area contributed by atoms with E-state index in [-0.39, 0.29) is 13.2 Å². The molecule has 5 heterocycles. The molecule has 7 rings (SSSR count). The summed E-state index contributed by atoms with van der Waals surface area (Å²) >= 11 is 0. The van der Waals surface area contributed by atoms with Crippen LogP contribution in [0.25, 0.3) is 68.6 Å². The van der Waals surface area contributed by atoms with Crippen molar-refractivity contribution in [2.24, 2.45) is 0 Å². The lowest BCUT2D eigenvalue weighted by molar-refractivity contribution is 0.233. The molecular formula is C38H34N4O4. The molecule has 2 aliphatic heterocycles. The van der Waals surface area contributed by atoms with Crippen molar-refractivity contribution in [3.63, 3.8) is 0 Å². The number of aliphatic hydroxyl groups excluding tert-OH is 2. The third-order valence-electron chi connectivity index (χ3n) is 7.83. The van der Waals surface area contributed by atoms with E-state index in [2.05, 4.69) is 46.4 Å². The second kappa shape index (κ2) is 13.3. The highest BCUT2D eigenvalue weighted by Gasteiger charge is 2.15. The van der Waals surface area contributed by atoms with Gasteiger partial charge in [0, 0.05) is 59.2 Å². The number of hydrogen-bond acceptors (Lipinski definition) is 6. The van der Waals surface area contributed by atoms with Crippen molar-refractivity contribution in [3.05, 3.63) is 108 Å². The van der Waals surface area contributed by atoms with Crippen LogP contribution >= 0.6 is 0 Å². The first-order valence-electron chi connectivity index (χ1n) is 15.5. The van der Waals surface area contributed by atoms with Gasteiger partial charge in [-0.25, -0.2) is 9.97 Å². The van der Waals surface area contributed by atoms with Gasteiger partial charge in [0.25, 0.3) is 0 Å². The molecule has 0 aliphatic carbocycles. The molecule has 230 valence electrons. The molecule has 0 saturated carbocycles. The molecule has 5 aromatic rings. The highest BCUT2D eigenvalue weighted by molar-refractivity contribution is 5.94. The minimum Gasteiger partial charge on any atom is -0.494 e. The number of aromatic amines is 2. The maximum absolute atomic E-state index is 9.08. The van der Waals surface area contributed by atoms with Gasteiger partial charge in [-0.3, -0.25) is 0 Å². The number of rotatable bonds is 10. The van der Waals surface area contributed by atoms with Gasteiger partial charge in [0.05, 0.1) is 36.0 Å². The van der Waals surface area contributed by atoms with E-state index >= 15 is 0 Å². The number of nitrogens with zero attached hydrogens (tertiary/aromatic N) is 2. The van der Waals surface area contributed by atoms with Gasteiger partial charge in [-0.15, -0.1) is 0 Å². The van der Waals surface area contributed by atoms with Crippen molar-refractivity contribution < 1.29 is 19.7 Å². The summed E-state index contributed by atoms with van der Waals surface area (Å²) in [7, 11) is 0. The van der Waals surface area contributed by atoms with Crippen LogP contribution in [-0.2, 0) is 0 Å². The Hall–Kier alpha value is -5.44. The number of fused-ring (bicyclic) bond motifs is 8. The molecule has 46 heavy (non-hydrogen) atoms. The van der Waals surface area contributed by atoms with Crippen molar-refractivity contribution in [1.82, 2.24) is 19.9 Å². The van der Waals surface area contributed by atoms with Gasteiger partial charge < -0.3 is 29.7 Å². The molecule has 0 radical (unpaired) electrons. The minimum absolute atomic E-state index is 0.101. The van der Waals surface area contributed by atoms with Crippen molar-refractivity contribution >= 4 is 46.4 Å². The Balaban J connectivity index is 1.37. The summed E-state index contributed by atoms with van der Waals surface area (Å²) < 4.78 is 11.5. The normalized spacial score (nSPS) is 12.0. The zero-order valence-electron chi connectivity index (χ0n) is 25.2. The number of H-pyrrole nitrogens is 2. The molecule has 8 nitrogen and oxygen atoms in total. The second-order valence-corrected chi connectivity index (χ2v) is 11.1. The Kier molecular flexibility index (Phi) is 8.45. The Morgan fingerprint density at radius 3 is 1.43 bits per heavy atom. The fraction of sp³-hybridized carbons (Fsp3) is 0.158. The number of aliphatic hydroxyl groups is 2. The Labute approximate surface area is 266 Å². The van der Waals surface area contributed by atoms with Crippen molar-refractivity contribution in [3.8, 4) is 33.8 Å². The predicted octanol–water partition coefficient (Wildman–Crippen LogP) is 7.51. The van der Waals surface area contributed by atoms with Gasteiger partial charge in [-0.2, -0.15) is 0 Å². The van der Waals surface area contributed by atoms with Crippen LogP contribution in [0.1, 0.15) is 35.6 Å². The molecule has 0 fully saturated rings. The highest BCUT2D eigenvalue weighted by atomic mass is 16.5. The van der Waals surface area contributed by atoms with E-state index in [1.807, 2.05) is 72.8 Å². The fourth-order valence-electron chi connectivity index (χ4n) is 5.63. The molecule has 0 spiro atoms. The molecule has 8 heteroatoms. The van der Waals surface area contributed by atoms with Crippen LogP contribution in [0.15, 0.2) is 84.9 Å². The van der Waals surface area contributed by atoms with Crippen LogP contribution in [0.4, 0.5) is 0 Å². The lowest BCUT2D eigenvalue weighted by atomic mass is 10.0. The quantitative estimate of drug-likeness (QED) is 0.119. The van der Waals surface area contributed by atoms with Crippen molar-refractivity contribution in [2.45, 2.75) is 12.8 Å². The molecule has 2 aromatic carbocycles. The van der Waals surface area contributed by atoms with E-state index in [0.717, 1.165) is 78.6 Å². The predicted molar refractivity (Wildman–Crippen MR) is 184 cm³/mol. The van der Waals surface area contributed by atoms with Crippen LogP contribution in [-0.4, -0.2) is 56.6 Å². The number of benzene rings is 2. The summed E-state index contributed by atoms with van der Waals surface area (Å²) in [5, 5.41) is 18.2. The zero-order valence-corrected chi connectivity index (χ0v) is 25.2. The Morgan fingerprint density at radius 1 is 0.522 bits per heavy atom. The third-order valence-corrected chi connectivity index (χ3v) is 7.83. The van der Waals surface area contributed by atoms with Gasteiger partial charge in [0.1, 0.15) is 11.5 Å². The number of hydrogen-bond donors (Lipinski definition) is 4. The maximum atomic E-state index is 9.08. The van der Waals surface area contributed by atoms with Gasteiger partial charge in [0.2, 0.25) is 0 Å². The van der Waals surface area contributed by atoms with E-state index in [4.69, 9.17) is 29.7 Å². The van der Waals surface area contributed by atoms with Crippen LogP contribution in [0.3, 0.4) is 0 Å². The molecule has 8 bridgehead atoms. The number of aromatic nitrogens is 4. The SMILES string of the molecule is OCCCOc1ccc(-c2c3nc(cc4ccc([nH]4)c(-c4ccc(OCCCO)cc4)c4ccc(cc5nc2C=C5)[nH]4)C=C3)cc1. The highest BCUT2D eigenvalue weighted by Crippen LogP contribution is 2.33. The van der Waals surface area contributed by atoms with Crippen LogP contribution < -0.4 is 9.47 Å². The largest absolute Gasteiger partial charge is 0.494 e. The Morgan fingerprint density at radius 2 is 0.978 bits per heavy atom. The first-order chi connectivity index (χ1) is 22.7. The molecule has 0 atom stereocenters. The van der Waals surface area contributed by atoms with E-state index < -0.39 is 0 Å². The summed E-state index contributed by atoms with van der Waals surface area (Å²) in [6.07, 6.45) is 9.29. The van der Waals surface area contributed by atoms with Crippen LogP contribution in [0.5, 0.6) is 11.5 Å². The topological polar surface area (TPSA) is 116 Å². The standard InChI is InChI=1S/C38H34N4O4/c43-19-1-21-45-31-11-3-25(4-12-31)37-33-15-7-27(39-33)23-29-9-17-35(41-29)38(26-5-13-32(14-6-26)46-22-2-20-44)36-18-10-30(42-36)24-28-8-16-34(37)40-28/h3-18,23-24,39-40,43-44H,1-2,19-22H2. The molecule has 2 aliphatic rings. The van der Waals surface area contributed by atoms with Crippen LogP contribution in [0, 0.1) is 0 Å². The summed E-state index contributed by atoms with van der Waals surface area (Å²) in [5.74, 6) is 1.52. The summed E-state index contributed by atoms with van der Waals surface area (Å²) in [6, 6.07) is 28.4. The molecular weight excluding hydrogens is 576 g/mol. The summed E-state index contributed by atoms with van der Waals surface area (Å²) in [4.78, 5) is 17.2. The summed E-state index contributed by atoms with van der Waals surface area (Å²) in [6.45, 7) is 1.14. The zero-order chi connectivity index (χ0) is 31.3. The van der Waals surface area contributed by atoms with Gasteiger partial charge in [-0.1, -0.05) is 24.3 Å². The second-order valence-electron chi connectivity index (χ2n) is 11.1. The Bertz CT molecular complexity index is 1980. The van der Waals surface area contributed by atoms with Gasteiger partial charge in [-0.05, 0) is 96.1 Å². The van der Waals surface area contributed by atoms with Gasteiger partial charge in [0.15, 0.2) is 0 Å². The number of nitrogens with one attached hydrogen (secondary N) is 2. The lowest BCUT2D eigenvalue weighted by Crippen LogP contribution is -1.99. The minimum atomic E-state index is 0.101. The first-order valence-corrected chi connectivity index (χ1v) is 15.5. The van der Waals surface area contributed by atoms with Gasteiger partial charge >= 0.3 is 0 Å². The lowest BCUT2D eigenvalue weighted by Gasteiger charge is -2.08. The van der Waals surface area contributed by atoms with Crippen molar-refractivity contribution in [2.75, 3.05) is 26.4 Å². The molecule has 4 N–H and O–H groups in total. The molecule has 0 unspecified atom stereocenters. The van der Waals surface area contributed by atoms with E-state index in [1.165, 1.54) is 0 Å². The van der Waals surface area contributed by atoms with E-state index in [0.29, 0.717) is 26.1 Å². The van der Waals surface area contributed by atoms with E-state index in [1.54, 1.807) is 0 Å². The maximum Gasteiger partial charge on any atom is 0.119 e.